The normalized spacial score (nSPS) is 11.2. The number of nitrogens with zero attached hydrogens (tertiary/aromatic N) is 1. The van der Waals surface area contributed by atoms with E-state index in [2.05, 4.69) is 25.6 Å². The number of ether oxygens (including phenoxy) is 1. The predicted octanol–water partition coefficient (Wildman–Crippen LogP) is 3.45. The maximum Gasteiger partial charge on any atom is 0.282 e. The number of hydrogen-bond donors (Lipinski definition) is 1. The van der Waals surface area contributed by atoms with Crippen molar-refractivity contribution in [1.82, 2.24) is 4.98 Å². The highest BCUT2D eigenvalue weighted by atomic mass is 79.9. The van der Waals surface area contributed by atoms with Gasteiger partial charge in [0.05, 0.1) is 17.3 Å². The zero-order chi connectivity index (χ0) is 15.6. The van der Waals surface area contributed by atoms with Crippen molar-refractivity contribution in [2.24, 2.45) is 0 Å². The summed E-state index contributed by atoms with van der Waals surface area (Å²) in [4.78, 5) is 3.54. The average Bonchev–Trinajstić information content (AvgIpc) is 2.38. The van der Waals surface area contributed by atoms with Gasteiger partial charge in [-0.1, -0.05) is 11.6 Å². The molecule has 0 aliphatic carbocycles. The van der Waals surface area contributed by atoms with E-state index in [-0.39, 0.29) is 16.5 Å². The van der Waals surface area contributed by atoms with Gasteiger partial charge in [-0.3, -0.25) is 4.72 Å². The molecule has 0 saturated heterocycles. The number of methoxy groups -OCH3 is 1. The monoisotopic (exact) mass is 394 g/mol. The highest BCUT2D eigenvalue weighted by molar-refractivity contribution is 9.10. The molecule has 1 heterocycles. The van der Waals surface area contributed by atoms with E-state index >= 15 is 0 Å². The molecule has 2 aromatic rings. The average molecular weight is 396 g/mol. The van der Waals surface area contributed by atoms with Crippen molar-refractivity contribution in [3.63, 3.8) is 0 Å². The first-order valence-corrected chi connectivity index (χ1v) is 8.17. The summed E-state index contributed by atoms with van der Waals surface area (Å²) < 4.78 is 45.7. The van der Waals surface area contributed by atoms with Gasteiger partial charge in [0, 0.05) is 11.2 Å². The van der Waals surface area contributed by atoms with Gasteiger partial charge in [-0.25, -0.2) is 9.37 Å². The van der Waals surface area contributed by atoms with Crippen LogP contribution < -0.4 is 9.46 Å². The number of halogens is 3. The lowest BCUT2D eigenvalue weighted by atomic mass is 10.3. The lowest BCUT2D eigenvalue weighted by molar-refractivity contribution is 0.414. The van der Waals surface area contributed by atoms with Crippen LogP contribution >= 0.6 is 27.5 Å². The fourth-order valence-corrected chi connectivity index (χ4v) is 3.64. The Balaban J connectivity index is 2.49. The quantitative estimate of drug-likeness (QED) is 0.861. The maximum absolute atomic E-state index is 13.6. The van der Waals surface area contributed by atoms with Crippen LogP contribution in [0, 0.1) is 5.82 Å². The minimum absolute atomic E-state index is 0.0712. The van der Waals surface area contributed by atoms with Gasteiger partial charge in [0.2, 0.25) is 5.03 Å². The van der Waals surface area contributed by atoms with E-state index in [9.17, 15) is 12.8 Å². The standard InChI is InChI=1S/C12H9BrClFN2O3S/c1-20-11-8(13)5-7(14)6-10(11)17-21(18,19)12-9(15)3-2-4-16-12/h2-6,17H,1H3. The van der Waals surface area contributed by atoms with Crippen LogP contribution in [0.25, 0.3) is 0 Å². The minimum atomic E-state index is -4.21. The van der Waals surface area contributed by atoms with Crippen molar-refractivity contribution in [2.45, 2.75) is 5.03 Å². The van der Waals surface area contributed by atoms with Crippen molar-refractivity contribution in [3.8, 4) is 5.75 Å². The summed E-state index contributed by atoms with van der Waals surface area (Å²) in [6, 6.07) is 5.20. The molecular formula is C12H9BrClFN2O3S. The highest BCUT2D eigenvalue weighted by Gasteiger charge is 2.23. The zero-order valence-corrected chi connectivity index (χ0v) is 13.8. The van der Waals surface area contributed by atoms with Gasteiger partial charge in [0.25, 0.3) is 10.0 Å². The second-order valence-corrected chi connectivity index (χ2v) is 6.75. The van der Waals surface area contributed by atoms with E-state index in [4.69, 9.17) is 16.3 Å². The number of aromatic nitrogens is 1. The van der Waals surface area contributed by atoms with Crippen LogP contribution in [0.5, 0.6) is 5.75 Å². The van der Waals surface area contributed by atoms with E-state index in [1.807, 2.05) is 0 Å². The Kier molecular flexibility index (Phi) is 4.70. The smallest absolute Gasteiger partial charge is 0.282 e. The van der Waals surface area contributed by atoms with Crippen molar-refractivity contribution in [3.05, 3.63) is 45.8 Å². The lowest BCUT2D eigenvalue weighted by Crippen LogP contribution is -2.16. The number of rotatable bonds is 4. The molecule has 0 fully saturated rings. The van der Waals surface area contributed by atoms with Gasteiger partial charge in [0.1, 0.15) is 0 Å². The maximum atomic E-state index is 13.6. The molecule has 1 aromatic carbocycles. The summed E-state index contributed by atoms with van der Waals surface area (Å²) in [7, 11) is -2.84. The molecule has 0 aliphatic heterocycles. The Morgan fingerprint density at radius 1 is 1.43 bits per heavy atom. The Labute approximate surface area is 134 Å². The van der Waals surface area contributed by atoms with Crippen molar-refractivity contribution in [2.75, 3.05) is 11.8 Å². The first-order valence-electron chi connectivity index (χ1n) is 5.51. The summed E-state index contributed by atoms with van der Waals surface area (Å²) in [5.41, 5.74) is 0.0712. The summed E-state index contributed by atoms with van der Waals surface area (Å²) in [5.74, 6) is -0.732. The van der Waals surface area contributed by atoms with E-state index in [0.717, 1.165) is 6.07 Å². The van der Waals surface area contributed by atoms with Gasteiger partial charge in [0.15, 0.2) is 11.6 Å². The Hall–Kier alpha value is -1.38. The van der Waals surface area contributed by atoms with Crippen molar-refractivity contribution in [1.29, 1.82) is 0 Å². The Bertz CT molecular complexity index is 786. The van der Waals surface area contributed by atoms with Gasteiger partial charge < -0.3 is 4.74 Å². The minimum Gasteiger partial charge on any atom is -0.493 e. The van der Waals surface area contributed by atoms with Gasteiger partial charge in [-0.2, -0.15) is 8.42 Å². The predicted molar refractivity (Wildman–Crippen MR) is 80.7 cm³/mol. The molecule has 0 amide bonds. The topological polar surface area (TPSA) is 68.3 Å². The van der Waals surface area contributed by atoms with Crippen LogP contribution in [0.3, 0.4) is 0 Å². The van der Waals surface area contributed by atoms with Crippen molar-refractivity contribution >= 4 is 43.2 Å². The highest BCUT2D eigenvalue weighted by Crippen LogP contribution is 2.37. The zero-order valence-electron chi connectivity index (χ0n) is 10.6. The van der Waals surface area contributed by atoms with Crippen LogP contribution in [-0.4, -0.2) is 20.5 Å². The fraction of sp³-hybridized carbons (Fsp3) is 0.0833. The number of benzene rings is 1. The van der Waals surface area contributed by atoms with Crippen molar-refractivity contribution < 1.29 is 17.5 Å². The molecule has 21 heavy (non-hydrogen) atoms. The summed E-state index contributed by atoms with van der Waals surface area (Å²) >= 11 is 9.08. The van der Waals surface area contributed by atoms with Crippen LogP contribution in [-0.2, 0) is 10.0 Å². The molecular weight excluding hydrogens is 387 g/mol. The number of pyridine rings is 1. The molecule has 0 aliphatic rings. The summed E-state index contributed by atoms with van der Waals surface area (Å²) in [5, 5.41) is -0.426. The Morgan fingerprint density at radius 2 is 2.14 bits per heavy atom. The molecule has 112 valence electrons. The van der Waals surface area contributed by atoms with E-state index in [1.165, 1.54) is 25.4 Å². The third kappa shape index (κ3) is 3.45. The third-order valence-electron chi connectivity index (χ3n) is 2.44. The van der Waals surface area contributed by atoms with Crippen LogP contribution in [0.4, 0.5) is 10.1 Å². The second kappa shape index (κ2) is 6.17. The molecule has 1 N–H and O–H groups in total. The van der Waals surface area contributed by atoms with Gasteiger partial charge in [-0.05, 0) is 40.2 Å². The first kappa shape index (κ1) is 16.0. The molecule has 2 rings (SSSR count). The SMILES string of the molecule is COc1c(Br)cc(Cl)cc1NS(=O)(=O)c1ncccc1F. The van der Waals surface area contributed by atoms with Gasteiger partial charge >= 0.3 is 0 Å². The number of anilines is 1. The number of hydrogen-bond acceptors (Lipinski definition) is 4. The number of sulfonamides is 1. The summed E-state index contributed by atoms with van der Waals surface area (Å²) in [6.07, 6.45) is 1.18. The molecule has 1 aromatic heterocycles. The molecule has 0 spiro atoms. The summed E-state index contributed by atoms with van der Waals surface area (Å²) in [6.45, 7) is 0. The molecule has 0 saturated carbocycles. The van der Waals surface area contributed by atoms with Crippen LogP contribution in [0.1, 0.15) is 0 Å². The fourth-order valence-electron chi connectivity index (χ4n) is 1.61. The first-order chi connectivity index (χ1) is 9.85. The Morgan fingerprint density at radius 3 is 2.76 bits per heavy atom. The van der Waals surface area contributed by atoms with E-state index < -0.39 is 20.9 Å². The van der Waals surface area contributed by atoms with Crippen LogP contribution in [0.15, 0.2) is 40.0 Å². The molecule has 9 heteroatoms. The molecule has 0 unspecified atom stereocenters. The number of nitrogens with one attached hydrogen (secondary N) is 1. The van der Waals surface area contributed by atoms with E-state index in [0.29, 0.717) is 4.47 Å². The molecule has 0 atom stereocenters. The van der Waals surface area contributed by atoms with E-state index in [1.54, 1.807) is 6.07 Å². The molecule has 0 bridgehead atoms. The second-order valence-electron chi connectivity index (χ2n) is 3.86. The lowest BCUT2D eigenvalue weighted by Gasteiger charge is -2.13. The molecule has 0 radical (unpaired) electrons. The largest absolute Gasteiger partial charge is 0.493 e. The molecule has 5 nitrogen and oxygen atoms in total. The van der Waals surface area contributed by atoms with Gasteiger partial charge in [-0.15, -0.1) is 0 Å². The third-order valence-corrected chi connectivity index (χ3v) is 4.54. The van der Waals surface area contributed by atoms with Crippen LogP contribution in [0.2, 0.25) is 5.02 Å².